The van der Waals surface area contributed by atoms with Gasteiger partial charge in [0.1, 0.15) is 11.5 Å². The van der Waals surface area contributed by atoms with E-state index < -0.39 is 18.4 Å². The fourth-order valence-electron chi connectivity index (χ4n) is 2.26. The molecule has 2 aromatic heterocycles. The molecule has 0 atom stereocenters. The van der Waals surface area contributed by atoms with Crippen LogP contribution in [0.4, 0.5) is 23.2 Å². The third-order valence-electron chi connectivity index (χ3n) is 3.24. The molecule has 0 fully saturated rings. The Bertz CT molecular complexity index is 904. The summed E-state index contributed by atoms with van der Waals surface area (Å²) in [5.74, 6) is -0.602. The number of benzene rings is 1. The van der Waals surface area contributed by atoms with Crippen molar-refractivity contribution < 1.29 is 22.4 Å². The molecule has 5 nitrogen and oxygen atoms in total. The average Bonchev–Trinajstić information content (AvgIpc) is 2.90. The molecule has 1 amide bonds. The Kier molecular flexibility index (Phi) is 3.92. The first-order valence-corrected chi connectivity index (χ1v) is 6.77. The molecule has 0 saturated heterocycles. The molecule has 0 bridgehead atoms. The number of aromatic nitrogens is 3. The summed E-state index contributed by atoms with van der Waals surface area (Å²) >= 11 is 0. The van der Waals surface area contributed by atoms with Crippen LogP contribution in [0.3, 0.4) is 0 Å². The Hall–Kier alpha value is -2.97. The third-order valence-corrected chi connectivity index (χ3v) is 3.24. The van der Waals surface area contributed by atoms with E-state index in [4.69, 9.17) is 0 Å². The predicted molar refractivity (Wildman–Crippen MR) is 78.3 cm³/mol. The van der Waals surface area contributed by atoms with Crippen LogP contribution in [0, 0.1) is 5.82 Å². The van der Waals surface area contributed by atoms with Crippen LogP contribution in [0.25, 0.3) is 16.7 Å². The highest BCUT2D eigenvalue weighted by molar-refractivity contribution is 5.76. The number of carbonyl (C=O) groups excluding carboxylic acids is 1. The first-order chi connectivity index (χ1) is 11.4. The van der Waals surface area contributed by atoms with E-state index >= 15 is 0 Å². The normalized spacial score (nSPS) is 11.7. The van der Waals surface area contributed by atoms with Gasteiger partial charge in [0.15, 0.2) is 5.65 Å². The molecule has 0 unspecified atom stereocenters. The first kappa shape index (κ1) is 15.9. The smallest absolute Gasteiger partial charge is 0.329 e. The highest BCUT2D eigenvalue weighted by Crippen LogP contribution is 2.24. The molecular formula is C15H10F4N4O. The number of halogens is 4. The summed E-state index contributed by atoms with van der Waals surface area (Å²) in [5, 5.41) is 6.79. The van der Waals surface area contributed by atoms with E-state index in [1.807, 2.05) is 0 Å². The molecule has 3 rings (SSSR count). The summed E-state index contributed by atoms with van der Waals surface area (Å²) in [7, 11) is 0. The van der Waals surface area contributed by atoms with Crippen molar-refractivity contribution >= 4 is 23.1 Å². The number of nitrogens with one attached hydrogen (secondary N) is 1. The van der Waals surface area contributed by atoms with Gasteiger partial charge < -0.3 is 5.32 Å². The summed E-state index contributed by atoms with van der Waals surface area (Å²) in [6.45, 7) is 0. The second-order valence-electron chi connectivity index (χ2n) is 5.05. The molecule has 2 heterocycles. The zero-order valence-electron chi connectivity index (χ0n) is 12.0. The topological polar surface area (TPSA) is 59.8 Å². The first-order valence-electron chi connectivity index (χ1n) is 6.77. The maximum Gasteiger partial charge on any atom is 0.393 e. The number of pyridine rings is 1. The third kappa shape index (κ3) is 3.34. The number of fused-ring (bicyclic) bond motifs is 1. The average molecular weight is 338 g/mol. The Morgan fingerprint density at radius 1 is 1.25 bits per heavy atom. The molecule has 9 heteroatoms. The van der Waals surface area contributed by atoms with Crippen LogP contribution in [0.5, 0.6) is 0 Å². The van der Waals surface area contributed by atoms with Gasteiger partial charge in [-0.15, -0.1) is 5.10 Å². The molecule has 0 saturated carbocycles. The summed E-state index contributed by atoms with van der Waals surface area (Å²) in [4.78, 5) is 14.3. The van der Waals surface area contributed by atoms with Gasteiger partial charge in [0, 0.05) is 23.5 Å². The van der Waals surface area contributed by atoms with Crippen LogP contribution in [-0.2, 0) is 11.2 Å². The minimum Gasteiger partial charge on any atom is -0.329 e. The molecule has 0 aliphatic heterocycles. The van der Waals surface area contributed by atoms with Crippen LogP contribution in [0.2, 0.25) is 0 Å². The zero-order chi connectivity index (χ0) is 17.3. The van der Waals surface area contributed by atoms with Gasteiger partial charge in [0.2, 0.25) is 6.41 Å². The fourth-order valence-corrected chi connectivity index (χ4v) is 2.26. The molecule has 0 aliphatic rings. The Labute approximate surface area is 132 Å². The van der Waals surface area contributed by atoms with Gasteiger partial charge in [0.25, 0.3) is 0 Å². The molecule has 0 radical (unpaired) electrons. The number of rotatable bonds is 4. The van der Waals surface area contributed by atoms with E-state index in [1.54, 1.807) is 0 Å². The van der Waals surface area contributed by atoms with Crippen molar-refractivity contribution in [2.45, 2.75) is 12.6 Å². The van der Waals surface area contributed by atoms with Crippen LogP contribution in [-0.4, -0.2) is 27.4 Å². The van der Waals surface area contributed by atoms with Gasteiger partial charge in [-0.2, -0.15) is 13.2 Å². The molecule has 3 aromatic rings. The van der Waals surface area contributed by atoms with Crippen molar-refractivity contribution in [3.63, 3.8) is 0 Å². The number of carbonyl (C=O) groups is 1. The van der Waals surface area contributed by atoms with E-state index in [1.165, 1.54) is 29.1 Å². The molecule has 1 N–H and O–H groups in total. The van der Waals surface area contributed by atoms with Gasteiger partial charge in [-0.05, 0) is 29.8 Å². The Morgan fingerprint density at radius 2 is 2.04 bits per heavy atom. The second-order valence-corrected chi connectivity index (χ2v) is 5.05. The predicted octanol–water partition coefficient (Wildman–Crippen LogP) is 3.23. The van der Waals surface area contributed by atoms with Gasteiger partial charge in [0.05, 0.1) is 6.42 Å². The minimum absolute atomic E-state index is 0.00797. The number of hydrogen-bond acceptors (Lipinski definition) is 3. The summed E-state index contributed by atoms with van der Waals surface area (Å²) < 4.78 is 52.5. The van der Waals surface area contributed by atoms with Crippen molar-refractivity contribution in [3.05, 3.63) is 48.0 Å². The maximum absolute atomic E-state index is 14.0. The SMILES string of the molecule is O=CNc1ccc(F)c(-n2cc3cc(CC(F)(F)F)cnc3n2)c1. The maximum atomic E-state index is 14.0. The van der Waals surface area contributed by atoms with Crippen molar-refractivity contribution in [2.75, 3.05) is 5.32 Å². The minimum atomic E-state index is -4.34. The van der Waals surface area contributed by atoms with Gasteiger partial charge in [-0.25, -0.2) is 14.1 Å². The second kappa shape index (κ2) is 5.91. The number of alkyl halides is 3. The van der Waals surface area contributed by atoms with Crippen molar-refractivity contribution in [1.82, 2.24) is 14.8 Å². The lowest BCUT2D eigenvalue weighted by molar-refractivity contribution is -0.127. The van der Waals surface area contributed by atoms with Crippen molar-refractivity contribution in [2.24, 2.45) is 0 Å². The quantitative estimate of drug-likeness (QED) is 0.587. The molecule has 0 aliphatic carbocycles. The molecular weight excluding hydrogens is 328 g/mol. The molecule has 124 valence electrons. The van der Waals surface area contributed by atoms with E-state index in [-0.39, 0.29) is 16.9 Å². The fraction of sp³-hybridized carbons (Fsp3) is 0.133. The highest BCUT2D eigenvalue weighted by Gasteiger charge is 2.28. The lowest BCUT2D eigenvalue weighted by atomic mass is 10.2. The van der Waals surface area contributed by atoms with Crippen LogP contribution in [0.15, 0.2) is 36.7 Å². The molecule has 0 spiro atoms. The van der Waals surface area contributed by atoms with Crippen LogP contribution < -0.4 is 5.32 Å². The summed E-state index contributed by atoms with van der Waals surface area (Å²) in [6.07, 6.45) is -2.53. The lowest BCUT2D eigenvalue weighted by Crippen LogP contribution is -2.11. The van der Waals surface area contributed by atoms with Crippen LogP contribution >= 0.6 is 0 Å². The van der Waals surface area contributed by atoms with Gasteiger partial charge in [-0.1, -0.05) is 0 Å². The standard InChI is InChI=1S/C15H10F4N4O/c16-12-2-1-11(21-8-24)4-13(12)23-7-10-3-9(5-15(17,18)19)6-20-14(10)22-23/h1-4,6-8H,5H2,(H,21,24). The lowest BCUT2D eigenvalue weighted by Gasteiger charge is -2.05. The van der Waals surface area contributed by atoms with E-state index in [9.17, 15) is 22.4 Å². The van der Waals surface area contributed by atoms with Crippen molar-refractivity contribution in [1.29, 1.82) is 0 Å². The summed E-state index contributed by atoms with van der Waals surface area (Å²) in [6, 6.07) is 5.18. The van der Waals surface area contributed by atoms with E-state index in [2.05, 4.69) is 15.4 Å². The largest absolute Gasteiger partial charge is 0.393 e. The van der Waals surface area contributed by atoms with Gasteiger partial charge >= 0.3 is 6.18 Å². The Morgan fingerprint density at radius 3 is 2.75 bits per heavy atom. The summed E-state index contributed by atoms with van der Waals surface area (Å²) in [5.41, 5.74) is 0.573. The number of hydrogen-bond donors (Lipinski definition) is 1. The molecule has 24 heavy (non-hydrogen) atoms. The molecule has 1 aromatic carbocycles. The number of anilines is 1. The van der Waals surface area contributed by atoms with E-state index in [0.717, 1.165) is 12.3 Å². The van der Waals surface area contributed by atoms with Crippen LogP contribution in [0.1, 0.15) is 5.56 Å². The number of amides is 1. The van der Waals surface area contributed by atoms with Gasteiger partial charge in [-0.3, -0.25) is 4.79 Å². The number of nitrogens with zero attached hydrogens (tertiary/aromatic N) is 3. The van der Waals surface area contributed by atoms with E-state index in [0.29, 0.717) is 17.5 Å². The zero-order valence-corrected chi connectivity index (χ0v) is 12.0. The highest BCUT2D eigenvalue weighted by atomic mass is 19.4. The van der Waals surface area contributed by atoms with Crippen molar-refractivity contribution in [3.8, 4) is 5.69 Å². The monoisotopic (exact) mass is 338 g/mol. The Balaban J connectivity index is 2.02.